The summed E-state index contributed by atoms with van der Waals surface area (Å²) in [5.41, 5.74) is 2.34. The lowest BCUT2D eigenvalue weighted by Crippen LogP contribution is -2.34. The van der Waals surface area contributed by atoms with E-state index in [-0.39, 0.29) is 6.10 Å². The number of aryl methyl sites for hydroxylation is 1. The van der Waals surface area contributed by atoms with Crippen molar-refractivity contribution in [2.75, 3.05) is 0 Å². The van der Waals surface area contributed by atoms with Crippen LogP contribution in [0.15, 0.2) is 23.7 Å². The Kier molecular flexibility index (Phi) is 4.19. The van der Waals surface area contributed by atoms with Crippen molar-refractivity contribution in [2.24, 2.45) is 7.05 Å². The summed E-state index contributed by atoms with van der Waals surface area (Å²) in [6, 6.07) is 4.71. The summed E-state index contributed by atoms with van der Waals surface area (Å²) in [7, 11) is 1.97. The van der Waals surface area contributed by atoms with Crippen LogP contribution in [0, 0.1) is 0 Å². The molecule has 0 spiro atoms. The standard InChI is InChI=1S/C15H21N3OS/c1-18-10-11(15(17-18)14-3-2-8-20-14)9-16-12-4-6-13(19)7-5-12/h2-3,8,10,12-13,16,19H,4-7,9H2,1H3. The molecule has 1 aliphatic carbocycles. The Hall–Kier alpha value is -1.17. The fourth-order valence-electron chi connectivity index (χ4n) is 2.82. The molecule has 0 aliphatic heterocycles. The Morgan fingerprint density at radius 3 is 2.90 bits per heavy atom. The molecular weight excluding hydrogens is 270 g/mol. The predicted octanol–water partition coefficient (Wildman–Crippen LogP) is 2.54. The molecule has 5 heteroatoms. The van der Waals surface area contributed by atoms with Crippen LogP contribution >= 0.6 is 11.3 Å². The first-order chi connectivity index (χ1) is 9.72. The van der Waals surface area contributed by atoms with Crippen molar-refractivity contribution in [1.29, 1.82) is 0 Å². The van der Waals surface area contributed by atoms with Crippen molar-refractivity contribution in [2.45, 2.75) is 44.4 Å². The molecule has 3 rings (SSSR count). The van der Waals surface area contributed by atoms with E-state index in [2.05, 4.69) is 34.1 Å². The van der Waals surface area contributed by atoms with Gasteiger partial charge in [0.1, 0.15) is 5.69 Å². The third-order valence-electron chi connectivity index (χ3n) is 3.94. The van der Waals surface area contributed by atoms with Gasteiger partial charge >= 0.3 is 0 Å². The summed E-state index contributed by atoms with van der Waals surface area (Å²) in [5.74, 6) is 0. The quantitative estimate of drug-likeness (QED) is 0.910. The maximum Gasteiger partial charge on any atom is 0.107 e. The smallest absolute Gasteiger partial charge is 0.107 e. The molecule has 2 N–H and O–H groups in total. The molecule has 1 aliphatic rings. The van der Waals surface area contributed by atoms with E-state index in [9.17, 15) is 5.11 Å². The summed E-state index contributed by atoms with van der Waals surface area (Å²) < 4.78 is 1.89. The number of nitrogens with zero attached hydrogens (tertiary/aromatic N) is 2. The minimum Gasteiger partial charge on any atom is -0.393 e. The fraction of sp³-hybridized carbons (Fsp3) is 0.533. The van der Waals surface area contributed by atoms with Gasteiger partial charge in [-0.2, -0.15) is 5.10 Å². The van der Waals surface area contributed by atoms with E-state index in [0.29, 0.717) is 6.04 Å². The summed E-state index contributed by atoms with van der Waals surface area (Å²) >= 11 is 1.73. The van der Waals surface area contributed by atoms with Crippen molar-refractivity contribution in [3.63, 3.8) is 0 Å². The largest absolute Gasteiger partial charge is 0.393 e. The van der Waals surface area contributed by atoms with Crippen LogP contribution in [0.1, 0.15) is 31.2 Å². The van der Waals surface area contributed by atoms with Gasteiger partial charge in [-0.15, -0.1) is 11.3 Å². The number of rotatable bonds is 4. The summed E-state index contributed by atoms with van der Waals surface area (Å²) in [5, 5.41) is 19.8. The lowest BCUT2D eigenvalue weighted by Gasteiger charge is -2.26. The highest BCUT2D eigenvalue weighted by Crippen LogP contribution is 2.27. The van der Waals surface area contributed by atoms with Crippen molar-refractivity contribution >= 4 is 11.3 Å². The van der Waals surface area contributed by atoms with Crippen LogP contribution < -0.4 is 5.32 Å². The van der Waals surface area contributed by atoms with Gasteiger partial charge in [0, 0.05) is 31.4 Å². The van der Waals surface area contributed by atoms with E-state index in [1.165, 1.54) is 10.4 Å². The zero-order valence-corrected chi connectivity index (χ0v) is 12.6. The molecule has 0 unspecified atom stereocenters. The van der Waals surface area contributed by atoms with Gasteiger partial charge in [0.25, 0.3) is 0 Å². The molecule has 108 valence electrons. The maximum atomic E-state index is 9.54. The van der Waals surface area contributed by atoms with Gasteiger partial charge in [-0.1, -0.05) is 6.07 Å². The molecular formula is C15H21N3OS. The van der Waals surface area contributed by atoms with E-state index in [0.717, 1.165) is 37.9 Å². The number of thiophene rings is 1. The molecule has 0 aromatic carbocycles. The number of hydrogen-bond acceptors (Lipinski definition) is 4. The normalized spacial score (nSPS) is 23.1. The molecule has 0 atom stereocenters. The minimum absolute atomic E-state index is 0.0897. The van der Waals surface area contributed by atoms with Gasteiger partial charge in [-0.3, -0.25) is 4.68 Å². The van der Waals surface area contributed by atoms with Crippen LogP contribution in [-0.2, 0) is 13.6 Å². The van der Waals surface area contributed by atoms with Gasteiger partial charge in [0.2, 0.25) is 0 Å². The first kappa shape index (κ1) is 13.8. The number of aliphatic hydroxyl groups excluding tert-OH is 1. The van der Waals surface area contributed by atoms with Crippen molar-refractivity contribution in [1.82, 2.24) is 15.1 Å². The zero-order chi connectivity index (χ0) is 13.9. The molecule has 0 amide bonds. The molecule has 0 radical (unpaired) electrons. The Morgan fingerprint density at radius 2 is 2.20 bits per heavy atom. The van der Waals surface area contributed by atoms with Gasteiger partial charge < -0.3 is 10.4 Å². The molecule has 0 bridgehead atoms. The molecule has 4 nitrogen and oxygen atoms in total. The Balaban J connectivity index is 1.66. The first-order valence-corrected chi connectivity index (χ1v) is 8.08. The monoisotopic (exact) mass is 291 g/mol. The Morgan fingerprint density at radius 1 is 1.40 bits per heavy atom. The highest BCUT2D eigenvalue weighted by atomic mass is 32.1. The minimum atomic E-state index is -0.0897. The van der Waals surface area contributed by atoms with E-state index < -0.39 is 0 Å². The number of aromatic nitrogens is 2. The number of nitrogens with one attached hydrogen (secondary N) is 1. The van der Waals surface area contributed by atoms with Crippen LogP contribution in [0.2, 0.25) is 0 Å². The van der Waals surface area contributed by atoms with Crippen molar-refractivity contribution < 1.29 is 5.11 Å². The molecule has 20 heavy (non-hydrogen) atoms. The Labute approximate surface area is 123 Å². The third kappa shape index (κ3) is 3.11. The van der Waals surface area contributed by atoms with Crippen molar-refractivity contribution in [3.8, 4) is 10.6 Å². The van der Waals surface area contributed by atoms with Crippen LogP contribution in [0.5, 0.6) is 0 Å². The second-order valence-electron chi connectivity index (χ2n) is 5.54. The third-order valence-corrected chi connectivity index (χ3v) is 4.81. The lowest BCUT2D eigenvalue weighted by molar-refractivity contribution is 0.116. The molecule has 2 aromatic rings. The van der Waals surface area contributed by atoms with Crippen LogP contribution in [0.4, 0.5) is 0 Å². The van der Waals surface area contributed by atoms with Gasteiger partial charge in [-0.05, 0) is 37.1 Å². The highest BCUT2D eigenvalue weighted by molar-refractivity contribution is 7.13. The van der Waals surface area contributed by atoms with Crippen LogP contribution in [0.3, 0.4) is 0 Å². The van der Waals surface area contributed by atoms with E-state index in [1.807, 2.05) is 11.7 Å². The predicted molar refractivity (Wildman–Crippen MR) is 81.6 cm³/mol. The summed E-state index contributed by atoms with van der Waals surface area (Å²) in [6.45, 7) is 0.849. The second-order valence-corrected chi connectivity index (χ2v) is 6.49. The summed E-state index contributed by atoms with van der Waals surface area (Å²) in [4.78, 5) is 1.22. The van der Waals surface area contributed by atoms with Crippen LogP contribution in [-0.4, -0.2) is 27.0 Å². The topological polar surface area (TPSA) is 50.1 Å². The molecule has 1 fully saturated rings. The van der Waals surface area contributed by atoms with Crippen molar-refractivity contribution in [3.05, 3.63) is 29.3 Å². The fourth-order valence-corrected chi connectivity index (χ4v) is 3.57. The number of hydrogen-bond donors (Lipinski definition) is 2. The first-order valence-electron chi connectivity index (χ1n) is 7.20. The Bertz CT molecular complexity index is 541. The second kappa shape index (κ2) is 6.08. The SMILES string of the molecule is Cn1cc(CNC2CCC(O)CC2)c(-c2cccs2)n1. The van der Waals surface area contributed by atoms with E-state index >= 15 is 0 Å². The van der Waals surface area contributed by atoms with E-state index in [1.54, 1.807) is 11.3 Å². The van der Waals surface area contributed by atoms with E-state index in [4.69, 9.17) is 0 Å². The lowest BCUT2D eigenvalue weighted by atomic mass is 9.93. The zero-order valence-electron chi connectivity index (χ0n) is 11.7. The van der Waals surface area contributed by atoms with Gasteiger partial charge in [0.05, 0.1) is 11.0 Å². The average Bonchev–Trinajstić information content (AvgIpc) is 3.07. The van der Waals surface area contributed by atoms with Gasteiger partial charge in [0.15, 0.2) is 0 Å². The van der Waals surface area contributed by atoms with Crippen LogP contribution in [0.25, 0.3) is 10.6 Å². The molecule has 2 heterocycles. The summed E-state index contributed by atoms with van der Waals surface area (Å²) in [6.07, 6.45) is 5.98. The number of aliphatic hydroxyl groups is 1. The maximum absolute atomic E-state index is 9.54. The molecule has 0 saturated heterocycles. The molecule has 2 aromatic heterocycles. The average molecular weight is 291 g/mol. The molecule has 1 saturated carbocycles. The van der Waals surface area contributed by atoms with Gasteiger partial charge in [-0.25, -0.2) is 0 Å². The highest BCUT2D eigenvalue weighted by Gasteiger charge is 2.19.